The van der Waals surface area contributed by atoms with Gasteiger partial charge in [-0.1, -0.05) is 57.7 Å². The molecule has 1 fully saturated rings. The van der Waals surface area contributed by atoms with E-state index in [-0.39, 0.29) is 23.3 Å². The van der Waals surface area contributed by atoms with E-state index < -0.39 is 17.7 Å². The molecule has 2 heterocycles. The molecule has 1 N–H and O–H groups in total. The van der Waals surface area contributed by atoms with Crippen LogP contribution in [0.2, 0.25) is 0 Å². The van der Waals surface area contributed by atoms with Crippen LogP contribution in [0.1, 0.15) is 49.1 Å². The van der Waals surface area contributed by atoms with Crippen molar-refractivity contribution in [3.63, 3.8) is 0 Å². The minimum absolute atomic E-state index is 0.0488. The van der Waals surface area contributed by atoms with Gasteiger partial charge in [0.15, 0.2) is 0 Å². The van der Waals surface area contributed by atoms with E-state index in [2.05, 4.69) is 32.3 Å². The molecule has 1 aromatic heterocycles. The van der Waals surface area contributed by atoms with Crippen LogP contribution >= 0.6 is 0 Å². The van der Waals surface area contributed by atoms with Crippen molar-refractivity contribution in [3.8, 4) is 5.75 Å². The Labute approximate surface area is 211 Å². The average molecular weight is 483 g/mol. The summed E-state index contributed by atoms with van der Waals surface area (Å²) < 4.78 is 5.52. The minimum Gasteiger partial charge on any atom is -0.507 e. The number of amides is 1. The smallest absolute Gasteiger partial charge is 0.295 e. The molecule has 0 aliphatic carbocycles. The van der Waals surface area contributed by atoms with Gasteiger partial charge in [-0.2, -0.15) is 0 Å². The molecule has 184 valence electrons. The predicted octanol–water partition coefficient (Wildman–Crippen LogP) is 5.57. The SMILES string of the molecule is C=CCOc1ccc(C(O)=C2C(=O)C(=O)N(Cc3ccncc3)[C@@H]2c2ccc(C(C)(C)C)cc2)cc1. The molecule has 0 saturated carbocycles. The highest BCUT2D eigenvalue weighted by Gasteiger charge is 2.46. The third-order valence-corrected chi connectivity index (χ3v) is 6.23. The molecule has 6 nitrogen and oxygen atoms in total. The van der Waals surface area contributed by atoms with Crippen molar-refractivity contribution in [1.82, 2.24) is 9.88 Å². The number of likely N-dealkylation sites (tertiary alicyclic amines) is 1. The molecule has 1 atom stereocenters. The maximum absolute atomic E-state index is 13.3. The first-order chi connectivity index (χ1) is 17.2. The van der Waals surface area contributed by atoms with Crippen molar-refractivity contribution < 1.29 is 19.4 Å². The molecule has 0 bridgehead atoms. The lowest BCUT2D eigenvalue weighted by Gasteiger charge is -2.26. The molecule has 1 aliphatic rings. The Bertz CT molecular complexity index is 1290. The van der Waals surface area contributed by atoms with E-state index in [4.69, 9.17) is 4.74 Å². The number of aliphatic hydroxyl groups excluding tert-OH is 1. The van der Waals surface area contributed by atoms with Gasteiger partial charge in [-0.25, -0.2) is 0 Å². The Morgan fingerprint density at radius 3 is 2.25 bits per heavy atom. The van der Waals surface area contributed by atoms with Gasteiger partial charge in [0.25, 0.3) is 11.7 Å². The summed E-state index contributed by atoms with van der Waals surface area (Å²) >= 11 is 0. The third kappa shape index (κ3) is 5.08. The van der Waals surface area contributed by atoms with E-state index in [9.17, 15) is 14.7 Å². The summed E-state index contributed by atoms with van der Waals surface area (Å²) in [5.74, 6) is -0.965. The maximum atomic E-state index is 13.3. The summed E-state index contributed by atoms with van der Waals surface area (Å²) in [7, 11) is 0. The van der Waals surface area contributed by atoms with Gasteiger partial charge in [0.05, 0.1) is 11.6 Å². The highest BCUT2D eigenvalue weighted by atomic mass is 16.5. The van der Waals surface area contributed by atoms with Gasteiger partial charge >= 0.3 is 0 Å². The fourth-order valence-corrected chi connectivity index (χ4v) is 4.26. The largest absolute Gasteiger partial charge is 0.507 e. The van der Waals surface area contributed by atoms with Crippen LogP contribution in [-0.2, 0) is 21.5 Å². The summed E-state index contributed by atoms with van der Waals surface area (Å²) in [6, 6.07) is 17.5. The second kappa shape index (κ2) is 10.2. The van der Waals surface area contributed by atoms with Gasteiger partial charge < -0.3 is 14.7 Å². The molecule has 2 aromatic carbocycles. The monoisotopic (exact) mass is 482 g/mol. The van der Waals surface area contributed by atoms with E-state index >= 15 is 0 Å². The molecule has 0 unspecified atom stereocenters. The molecule has 4 rings (SSSR count). The van der Waals surface area contributed by atoms with E-state index in [1.807, 2.05) is 24.3 Å². The fourth-order valence-electron chi connectivity index (χ4n) is 4.26. The van der Waals surface area contributed by atoms with E-state index in [1.165, 1.54) is 4.90 Å². The third-order valence-electron chi connectivity index (χ3n) is 6.23. The number of carbonyl (C=O) groups excluding carboxylic acids is 2. The molecule has 1 amide bonds. The van der Waals surface area contributed by atoms with Gasteiger partial charge in [-0.15, -0.1) is 0 Å². The summed E-state index contributed by atoms with van der Waals surface area (Å²) in [5, 5.41) is 11.3. The standard InChI is InChI=1S/C30H30N2O4/c1-5-18-36-24-12-8-22(9-13-24)27(33)25-26(21-6-10-23(11-7-21)30(2,3)4)32(29(35)28(25)34)19-20-14-16-31-17-15-20/h5-17,26,33H,1,18-19H2,2-4H3/t26-/m1/s1. The van der Waals surface area contributed by atoms with Crippen molar-refractivity contribution in [2.75, 3.05) is 6.61 Å². The highest BCUT2D eigenvalue weighted by molar-refractivity contribution is 6.46. The molecule has 36 heavy (non-hydrogen) atoms. The van der Waals surface area contributed by atoms with Crippen LogP contribution in [-0.4, -0.2) is 33.3 Å². The molecule has 0 spiro atoms. The number of pyridine rings is 1. The Balaban J connectivity index is 1.80. The van der Waals surface area contributed by atoms with Crippen LogP contribution in [0, 0.1) is 0 Å². The zero-order valence-corrected chi connectivity index (χ0v) is 20.8. The van der Waals surface area contributed by atoms with Crippen LogP contribution in [0.15, 0.2) is 91.3 Å². The zero-order valence-electron chi connectivity index (χ0n) is 20.8. The van der Waals surface area contributed by atoms with Crippen LogP contribution in [0.3, 0.4) is 0 Å². The van der Waals surface area contributed by atoms with Crippen LogP contribution in [0.25, 0.3) is 5.76 Å². The quantitative estimate of drug-likeness (QED) is 0.206. The summed E-state index contributed by atoms with van der Waals surface area (Å²) in [5.41, 5.74) is 3.17. The van der Waals surface area contributed by atoms with Crippen molar-refractivity contribution in [2.45, 2.75) is 38.8 Å². The molecule has 3 aromatic rings. The summed E-state index contributed by atoms with van der Waals surface area (Å²) in [6.45, 7) is 10.6. The van der Waals surface area contributed by atoms with Gasteiger partial charge in [-0.3, -0.25) is 14.6 Å². The second-order valence-corrected chi connectivity index (χ2v) is 9.78. The molecule has 6 heteroatoms. The lowest BCUT2D eigenvalue weighted by Crippen LogP contribution is -2.29. The van der Waals surface area contributed by atoms with Crippen molar-refractivity contribution in [1.29, 1.82) is 0 Å². The Morgan fingerprint density at radius 2 is 1.67 bits per heavy atom. The number of benzene rings is 2. The molecule has 1 saturated heterocycles. The Kier molecular flexibility index (Phi) is 7.06. The number of Topliss-reactive ketones (excluding diaryl/α,β-unsaturated/α-hetero) is 1. The number of rotatable bonds is 7. The van der Waals surface area contributed by atoms with Crippen molar-refractivity contribution in [2.24, 2.45) is 0 Å². The number of carbonyl (C=O) groups is 2. The molecule has 1 aliphatic heterocycles. The zero-order chi connectivity index (χ0) is 25.9. The minimum atomic E-state index is -0.733. The number of hydrogen-bond donors (Lipinski definition) is 1. The lowest BCUT2D eigenvalue weighted by atomic mass is 9.85. The first-order valence-corrected chi connectivity index (χ1v) is 11.8. The number of aliphatic hydroxyl groups is 1. The van der Waals surface area contributed by atoms with Gasteiger partial charge in [0.1, 0.15) is 18.1 Å². The van der Waals surface area contributed by atoms with Crippen LogP contribution in [0.5, 0.6) is 5.75 Å². The predicted molar refractivity (Wildman–Crippen MR) is 139 cm³/mol. The maximum Gasteiger partial charge on any atom is 0.295 e. The Hall–Kier alpha value is -4.19. The number of ketones is 1. The normalized spacial score (nSPS) is 17.3. The Morgan fingerprint density at radius 1 is 1.03 bits per heavy atom. The number of nitrogens with zero attached hydrogens (tertiary/aromatic N) is 2. The summed E-state index contributed by atoms with van der Waals surface area (Å²) in [4.78, 5) is 32.1. The fraction of sp³-hybridized carbons (Fsp3) is 0.233. The van der Waals surface area contributed by atoms with E-state index in [0.717, 1.165) is 16.7 Å². The van der Waals surface area contributed by atoms with Crippen LogP contribution < -0.4 is 4.74 Å². The molecule has 0 radical (unpaired) electrons. The van der Waals surface area contributed by atoms with Gasteiger partial charge in [-0.05, 0) is 58.5 Å². The first kappa shape index (κ1) is 24.9. The van der Waals surface area contributed by atoms with Gasteiger partial charge in [0, 0.05) is 24.5 Å². The summed E-state index contributed by atoms with van der Waals surface area (Å²) in [6.07, 6.45) is 4.94. The lowest BCUT2D eigenvalue weighted by molar-refractivity contribution is -0.140. The second-order valence-electron chi connectivity index (χ2n) is 9.78. The topological polar surface area (TPSA) is 79.7 Å². The van der Waals surface area contributed by atoms with Gasteiger partial charge in [0.2, 0.25) is 0 Å². The van der Waals surface area contributed by atoms with E-state index in [1.54, 1.807) is 54.9 Å². The highest BCUT2D eigenvalue weighted by Crippen LogP contribution is 2.41. The van der Waals surface area contributed by atoms with E-state index in [0.29, 0.717) is 17.9 Å². The van der Waals surface area contributed by atoms with Crippen molar-refractivity contribution >= 4 is 17.4 Å². The number of ether oxygens (including phenoxy) is 1. The molecular weight excluding hydrogens is 452 g/mol. The van der Waals surface area contributed by atoms with Crippen molar-refractivity contribution in [3.05, 3.63) is 114 Å². The number of aromatic nitrogens is 1. The average Bonchev–Trinajstić information content (AvgIpc) is 3.12. The number of hydrogen-bond acceptors (Lipinski definition) is 5. The molecular formula is C30H30N2O4. The van der Waals surface area contributed by atoms with Crippen LogP contribution in [0.4, 0.5) is 0 Å². The first-order valence-electron chi connectivity index (χ1n) is 11.8.